The molecule has 0 aliphatic carbocycles. The first kappa shape index (κ1) is 12.7. The Labute approximate surface area is 109 Å². The summed E-state index contributed by atoms with van der Waals surface area (Å²) in [7, 11) is 0. The summed E-state index contributed by atoms with van der Waals surface area (Å²) in [6, 6.07) is 9.32. The van der Waals surface area contributed by atoms with Crippen LogP contribution in [0.4, 0.5) is 5.69 Å². The van der Waals surface area contributed by atoms with E-state index < -0.39 is 4.92 Å². The number of nitro groups is 1. The third-order valence-corrected chi connectivity index (χ3v) is 2.78. The van der Waals surface area contributed by atoms with E-state index in [0.717, 1.165) is 5.56 Å². The average molecular weight is 259 g/mol. The molecular formula is C12H13N5O2. The maximum Gasteiger partial charge on any atom is 0.306 e. The van der Waals surface area contributed by atoms with Gasteiger partial charge in [-0.05, 0) is 5.56 Å². The molecule has 0 spiro atoms. The van der Waals surface area contributed by atoms with Crippen LogP contribution in [0, 0.1) is 15.5 Å². The molecule has 1 unspecified atom stereocenters. The predicted molar refractivity (Wildman–Crippen MR) is 70.0 cm³/mol. The molecule has 7 heteroatoms. The van der Waals surface area contributed by atoms with Gasteiger partial charge >= 0.3 is 5.69 Å². The van der Waals surface area contributed by atoms with Crippen molar-refractivity contribution in [2.45, 2.75) is 12.5 Å². The molecule has 1 aromatic heterocycles. The second kappa shape index (κ2) is 5.30. The number of rotatable bonds is 5. The van der Waals surface area contributed by atoms with Crippen LogP contribution in [0.15, 0.2) is 42.7 Å². The number of aromatic nitrogens is 2. The van der Waals surface area contributed by atoms with Crippen LogP contribution in [-0.2, 0) is 6.54 Å². The number of amidine groups is 1. The highest BCUT2D eigenvalue weighted by atomic mass is 16.6. The van der Waals surface area contributed by atoms with Gasteiger partial charge in [0.2, 0.25) is 0 Å². The molecule has 1 atom stereocenters. The monoisotopic (exact) mass is 259 g/mol. The van der Waals surface area contributed by atoms with Crippen molar-refractivity contribution in [3.05, 3.63) is 58.4 Å². The number of nitrogens with two attached hydrogens (primary N) is 1. The molecule has 0 aliphatic rings. The molecule has 0 amide bonds. The zero-order valence-corrected chi connectivity index (χ0v) is 10.1. The molecular weight excluding hydrogens is 246 g/mol. The topological polar surface area (TPSA) is 111 Å². The number of hydrogen-bond donors (Lipinski definition) is 2. The lowest BCUT2D eigenvalue weighted by atomic mass is 9.98. The zero-order valence-electron chi connectivity index (χ0n) is 10.1. The highest BCUT2D eigenvalue weighted by molar-refractivity contribution is 5.84. The number of nitrogens with one attached hydrogen (secondary N) is 1. The SMILES string of the molecule is N=C(N)C(Cn1cc([N+](=O)[O-])cn1)c1ccccc1. The maximum absolute atomic E-state index is 10.6. The quantitative estimate of drug-likeness (QED) is 0.367. The van der Waals surface area contributed by atoms with Gasteiger partial charge in [-0.25, -0.2) is 0 Å². The molecule has 7 nitrogen and oxygen atoms in total. The van der Waals surface area contributed by atoms with E-state index in [1.807, 2.05) is 30.3 Å². The first-order valence-electron chi connectivity index (χ1n) is 5.63. The van der Waals surface area contributed by atoms with Gasteiger partial charge in [0.15, 0.2) is 0 Å². The van der Waals surface area contributed by atoms with Crippen LogP contribution in [0.5, 0.6) is 0 Å². The number of benzene rings is 1. The average Bonchev–Trinajstić information content (AvgIpc) is 2.85. The van der Waals surface area contributed by atoms with Crippen LogP contribution in [-0.4, -0.2) is 20.5 Å². The van der Waals surface area contributed by atoms with E-state index >= 15 is 0 Å². The lowest BCUT2D eigenvalue weighted by Gasteiger charge is -2.15. The molecule has 0 bridgehead atoms. The lowest BCUT2D eigenvalue weighted by Crippen LogP contribution is -2.25. The van der Waals surface area contributed by atoms with Gasteiger partial charge in [-0.3, -0.25) is 20.2 Å². The molecule has 0 fully saturated rings. The Bertz CT molecular complexity index is 593. The molecule has 1 heterocycles. The van der Waals surface area contributed by atoms with Crippen molar-refractivity contribution in [1.82, 2.24) is 9.78 Å². The van der Waals surface area contributed by atoms with Gasteiger partial charge in [0, 0.05) is 0 Å². The van der Waals surface area contributed by atoms with Crippen molar-refractivity contribution in [2.75, 3.05) is 0 Å². The summed E-state index contributed by atoms with van der Waals surface area (Å²) in [6.07, 6.45) is 2.51. The largest absolute Gasteiger partial charge is 0.387 e. The molecule has 19 heavy (non-hydrogen) atoms. The second-order valence-corrected chi connectivity index (χ2v) is 4.10. The van der Waals surface area contributed by atoms with Crippen molar-refractivity contribution in [3.63, 3.8) is 0 Å². The van der Waals surface area contributed by atoms with Crippen LogP contribution in [0.1, 0.15) is 11.5 Å². The predicted octanol–water partition coefficient (Wildman–Crippen LogP) is 1.51. The summed E-state index contributed by atoms with van der Waals surface area (Å²) < 4.78 is 1.43. The molecule has 98 valence electrons. The molecule has 0 radical (unpaired) electrons. The van der Waals surface area contributed by atoms with Crippen molar-refractivity contribution in [1.29, 1.82) is 5.41 Å². The maximum atomic E-state index is 10.6. The summed E-state index contributed by atoms with van der Waals surface area (Å²) >= 11 is 0. The van der Waals surface area contributed by atoms with Gasteiger partial charge < -0.3 is 5.73 Å². The van der Waals surface area contributed by atoms with Crippen LogP contribution in [0.25, 0.3) is 0 Å². The summed E-state index contributed by atoms with van der Waals surface area (Å²) in [5, 5.41) is 22.1. The number of nitrogens with zero attached hydrogens (tertiary/aromatic N) is 3. The normalized spacial score (nSPS) is 12.0. The van der Waals surface area contributed by atoms with Gasteiger partial charge in [-0.15, -0.1) is 0 Å². The summed E-state index contributed by atoms with van der Waals surface area (Å²) in [4.78, 5) is 10.1. The summed E-state index contributed by atoms with van der Waals surface area (Å²) in [6.45, 7) is 0.299. The van der Waals surface area contributed by atoms with E-state index in [4.69, 9.17) is 11.1 Å². The van der Waals surface area contributed by atoms with E-state index in [9.17, 15) is 10.1 Å². The molecule has 3 N–H and O–H groups in total. The fraction of sp³-hybridized carbons (Fsp3) is 0.167. The Hall–Kier alpha value is -2.70. The molecule has 0 aliphatic heterocycles. The van der Waals surface area contributed by atoms with Crippen molar-refractivity contribution in [2.24, 2.45) is 5.73 Å². The molecule has 0 saturated carbocycles. The van der Waals surface area contributed by atoms with E-state index in [-0.39, 0.29) is 17.4 Å². The highest BCUT2D eigenvalue weighted by Gasteiger charge is 2.17. The Morgan fingerprint density at radius 1 is 1.47 bits per heavy atom. The molecule has 1 aromatic carbocycles. The van der Waals surface area contributed by atoms with Gasteiger partial charge in [0.1, 0.15) is 18.2 Å². The number of hydrogen-bond acceptors (Lipinski definition) is 4. The van der Waals surface area contributed by atoms with Crippen molar-refractivity contribution in [3.8, 4) is 0 Å². The smallest absolute Gasteiger partial charge is 0.306 e. The summed E-state index contributed by atoms with van der Waals surface area (Å²) in [5.41, 5.74) is 6.40. The third-order valence-electron chi connectivity index (χ3n) is 2.78. The minimum absolute atomic E-state index is 0.00403. The van der Waals surface area contributed by atoms with Gasteiger partial charge in [-0.1, -0.05) is 30.3 Å². The highest BCUT2D eigenvalue weighted by Crippen LogP contribution is 2.18. The minimum Gasteiger partial charge on any atom is -0.387 e. The fourth-order valence-corrected chi connectivity index (χ4v) is 1.80. The van der Waals surface area contributed by atoms with E-state index in [0.29, 0.717) is 6.54 Å². The van der Waals surface area contributed by atoms with Crippen molar-refractivity contribution < 1.29 is 4.92 Å². The zero-order chi connectivity index (χ0) is 13.8. The van der Waals surface area contributed by atoms with Gasteiger partial charge in [-0.2, -0.15) is 5.10 Å². The summed E-state index contributed by atoms with van der Waals surface area (Å²) in [5.74, 6) is -0.343. The Kier molecular flexibility index (Phi) is 3.56. The Morgan fingerprint density at radius 2 is 2.16 bits per heavy atom. The molecule has 0 saturated heterocycles. The van der Waals surface area contributed by atoms with E-state index in [2.05, 4.69) is 5.10 Å². The Balaban J connectivity index is 2.22. The Morgan fingerprint density at radius 3 is 2.68 bits per heavy atom. The van der Waals surface area contributed by atoms with Crippen LogP contribution < -0.4 is 5.73 Å². The first-order chi connectivity index (χ1) is 9.08. The van der Waals surface area contributed by atoms with Crippen LogP contribution >= 0.6 is 0 Å². The van der Waals surface area contributed by atoms with E-state index in [1.54, 1.807) is 0 Å². The molecule has 2 rings (SSSR count). The van der Waals surface area contributed by atoms with Gasteiger partial charge in [0.25, 0.3) is 0 Å². The van der Waals surface area contributed by atoms with Crippen molar-refractivity contribution >= 4 is 11.5 Å². The van der Waals surface area contributed by atoms with E-state index in [1.165, 1.54) is 17.1 Å². The molecule has 2 aromatic rings. The van der Waals surface area contributed by atoms with Crippen LogP contribution in [0.2, 0.25) is 0 Å². The van der Waals surface area contributed by atoms with Crippen LogP contribution in [0.3, 0.4) is 0 Å². The third kappa shape index (κ3) is 2.95. The van der Waals surface area contributed by atoms with Gasteiger partial charge in [0.05, 0.1) is 17.4 Å². The second-order valence-electron chi connectivity index (χ2n) is 4.10. The first-order valence-corrected chi connectivity index (χ1v) is 5.63. The standard InChI is InChI=1S/C12H13N5O2/c13-12(14)11(9-4-2-1-3-5-9)8-16-7-10(6-15-16)17(18)19/h1-7,11H,8H2,(H3,13,14). The minimum atomic E-state index is -0.505. The lowest BCUT2D eigenvalue weighted by molar-refractivity contribution is -0.385. The fourth-order valence-electron chi connectivity index (χ4n) is 1.80.